The van der Waals surface area contributed by atoms with Crippen molar-refractivity contribution in [1.29, 1.82) is 0 Å². The highest BCUT2D eigenvalue weighted by Crippen LogP contribution is 2.32. The minimum absolute atomic E-state index is 0.205. The van der Waals surface area contributed by atoms with E-state index in [-0.39, 0.29) is 5.92 Å². The SMILES string of the molecule is CC1=CCCN(C(=O)C2CCCC2CN)C1. The van der Waals surface area contributed by atoms with Crippen LogP contribution >= 0.6 is 0 Å². The number of nitrogens with zero attached hydrogens (tertiary/aromatic N) is 1. The second-order valence-electron chi connectivity index (χ2n) is 5.13. The quantitative estimate of drug-likeness (QED) is 0.720. The van der Waals surface area contributed by atoms with Gasteiger partial charge in [0.25, 0.3) is 0 Å². The first kappa shape index (κ1) is 11.6. The second kappa shape index (κ2) is 5.00. The van der Waals surface area contributed by atoms with Crippen molar-refractivity contribution in [1.82, 2.24) is 4.90 Å². The molecule has 90 valence electrons. The third-order valence-electron chi connectivity index (χ3n) is 3.92. The van der Waals surface area contributed by atoms with Crippen LogP contribution in [0.4, 0.5) is 0 Å². The first-order valence-corrected chi connectivity index (χ1v) is 6.37. The molecule has 1 saturated carbocycles. The number of hydrogen-bond acceptors (Lipinski definition) is 2. The summed E-state index contributed by atoms with van der Waals surface area (Å²) in [6.45, 7) is 4.49. The van der Waals surface area contributed by atoms with Gasteiger partial charge in [0.2, 0.25) is 5.91 Å². The maximum Gasteiger partial charge on any atom is 0.226 e. The molecular weight excluding hydrogens is 200 g/mol. The molecule has 2 aliphatic rings. The van der Waals surface area contributed by atoms with Crippen molar-refractivity contribution in [2.75, 3.05) is 19.6 Å². The molecule has 0 saturated heterocycles. The second-order valence-corrected chi connectivity index (χ2v) is 5.13. The maximum atomic E-state index is 12.4. The highest BCUT2D eigenvalue weighted by Gasteiger charge is 2.34. The van der Waals surface area contributed by atoms with Crippen molar-refractivity contribution in [3.63, 3.8) is 0 Å². The molecule has 0 aromatic carbocycles. The van der Waals surface area contributed by atoms with Crippen LogP contribution in [0.5, 0.6) is 0 Å². The predicted molar refractivity (Wildman–Crippen MR) is 64.8 cm³/mol. The lowest BCUT2D eigenvalue weighted by atomic mass is 9.94. The van der Waals surface area contributed by atoms with Gasteiger partial charge in [0.05, 0.1) is 0 Å². The van der Waals surface area contributed by atoms with Crippen molar-refractivity contribution in [3.8, 4) is 0 Å². The van der Waals surface area contributed by atoms with E-state index in [0.717, 1.165) is 32.4 Å². The molecule has 2 rings (SSSR count). The van der Waals surface area contributed by atoms with Crippen molar-refractivity contribution >= 4 is 5.91 Å². The Morgan fingerprint density at radius 1 is 1.56 bits per heavy atom. The number of hydrogen-bond donors (Lipinski definition) is 1. The normalized spacial score (nSPS) is 30.4. The Bertz CT molecular complexity index is 298. The van der Waals surface area contributed by atoms with E-state index in [4.69, 9.17) is 5.73 Å². The number of carbonyl (C=O) groups is 1. The van der Waals surface area contributed by atoms with Gasteiger partial charge in [0.15, 0.2) is 0 Å². The van der Waals surface area contributed by atoms with Crippen molar-refractivity contribution in [2.24, 2.45) is 17.6 Å². The molecule has 3 heteroatoms. The lowest BCUT2D eigenvalue weighted by Crippen LogP contribution is -2.41. The Morgan fingerprint density at radius 2 is 2.38 bits per heavy atom. The van der Waals surface area contributed by atoms with Gasteiger partial charge >= 0.3 is 0 Å². The van der Waals surface area contributed by atoms with E-state index in [1.54, 1.807) is 0 Å². The Kier molecular flexibility index (Phi) is 3.64. The lowest BCUT2D eigenvalue weighted by molar-refractivity contribution is -0.136. The Hall–Kier alpha value is -0.830. The van der Waals surface area contributed by atoms with Gasteiger partial charge in [-0.05, 0) is 38.6 Å². The van der Waals surface area contributed by atoms with Gasteiger partial charge in [0, 0.05) is 19.0 Å². The largest absolute Gasteiger partial charge is 0.338 e. The lowest BCUT2D eigenvalue weighted by Gasteiger charge is -2.30. The summed E-state index contributed by atoms with van der Waals surface area (Å²) in [5.74, 6) is 0.981. The molecule has 0 bridgehead atoms. The standard InChI is InChI=1S/C13H22N2O/c1-10-4-3-7-15(9-10)13(16)12-6-2-5-11(12)8-14/h4,11-12H,2-3,5-9,14H2,1H3. The van der Waals surface area contributed by atoms with Gasteiger partial charge < -0.3 is 10.6 Å². The Morgan fingerprint density at radius 3 is 3.06 bits per heavy atom. The molecule has 0 aromatic heterocycles. The summed E-state index contributed by atoms with van der Waals surface area (Å²) in [7, 11) is 0. The van der Waals surface area contributed by atoms with Crippen LogP contribution in [0, 0.1) is 11.8 Å². The van der Waals surface area contributed by atoms with Crippen LogP contribution in [0.3, 0.4) is 0 Å². The fourth-order valence-corrected chi connectivity index (χ4v) is 2.98. The third kappa shape index (κ3) is 2.29. The summed E-state index contributed by atoms with van der Waals surface area (Å²) in [6, 6.07) is 0. The molecule has 1 aliphatic carbocycles. The Labute approximate surface area is 97.7 Å². The van der Waals surface area contributed by atoms with Gasteiger partial charge in [-0.25, -0.2) is 0 Å². The fourth-order valence-electron chi connectivity index (χ4n) is 2.98. The number of amides is 1. The zero-order chi connectivity index (χ0) is 11.5. The number of nitrogens with two attached hydrogens (primary N) is 1. The van der Waals surface area contributed by atoms with Crippen LogP contribution in [0.15, 0.2) is 11.6 Å². The average Bonchev–Trinajstić information content (AvgIpc) is 2.76. The van der Waals surface area contributed by atoms with E-state index in [2.05, 4.69) is 13.0 Å². The van der Waals surface area contributed by atoms with E-state index < -0.39 is 0 Å². The fraction of sp³-hybridized carbons (Fsp3) is 0.769. The molecule has 1 amide bonds. The summed E-state index contributed by atoms with van der Waals surface area (Å²) in [4.78, 5) is 14.4. The van der Waals surface area contributed by atoms with Gasteiger partial charge in [-0.15, -0.1) is 0 Å². The van der Waals surface area contributed by atoms with Crippen LogP contribution in [-0.4, -0.2) is 30.4 Å². The van der Waals surface area contributed by atoms with Crippen LogP contribution in [0.1, 0.15) is 32.6 Å². The molecule has 0 radical (unpaired) electrons. The first-order chi connectivity index (χ1) is 7.72. The molecule has 16 heavy (non-hydrogen) atoms. The van der Waals surface area contributed by atoms with Crippen LogP contribution in [0.2, 0.25) is 0 Å². The zero-order valence-electron chi connectivity index (χ0n) is 10.1. The smallest absolute Gasteiger partial charge is 0.226 e. The summed E-state index contributed by atoms with van der Waals surface area (Å²) in [5, 5.41) is 0. The molecule has 0 aromatic rings. The molecule has 2 N–H and O–H groups in total. The Balaban J connectivity index is 1.99. The summed E-state index contributed by atoms with van der Waals surface area (Å²) in [6.07, 6.45) is 6.59. The van der Waals surface area contributed by atoms with Crippen molar-refractivity contribution in [2.45, 2.75) is 32.6 Å². The monoisotopic (exact) mass is 222 g/mol. The molecule has 2 atom stereocenters. The minimum Gasteiger partial charge on any atom is -0.338 e. The highest BCUT2D eigenvalue weighted by molar-refractivity contribution is 5.80. The molecule has 1 heterocycles. The summed E-state index contributed by atoms with van der Waals surface area (Å²) >= 11 is 0. The molecule has 2 unspecified atom stereocenters. The number of carbonyl (C=O) groups excluding carboxylic acids is 1. The predicted octanol–water partition coefficient (Wildman–Crippen LogP) is 1.54. The van der Waals surface area contributed by atoms with E-state index in [9.17, 15) is 4.79 Å². The summed E-state index contributed by atoms with van der Waals surface area (Å²) < 4.78 is 0. The van der Waals surface area contributed by atoms with Gasteiger partial charge in [-0.2, -0.15) is 0 Å². The molecular formula is C13H22N2O. The van der Waals surface area contributed by atoms with Crippen LogP contribution < -0.4 is 5.73 Å². The van der Waals surface area contributed by atoms with E-state index in [1.165, 1.54) is 12.0 Å². The van der Waals surface area contributed by atoms with Gasteiger partial charge in [-0.3, -0.25) is 4.79 Å². The van der Waals surface area contributed by atoms with E-state index in [0.29, 0.717) is 18.4 Å². The van der Waals surface area contributed by atoms with Crippen molar-refractivity contribution in [3.05, 3.63) is 11.6 Å². The molecule has 0 spiro atoms. The van der Waals surface area contributed by atoms with E-state index in [1.807, 2.05) is 4.90 Å². The minimum atomic E-state index is 0.205. The molecule has 1 fully saturated rings. The summed E-state index contributed by atoms with van der Waals surface area (Å²) in [5.41, 5.74) is 7.06. The highest BCUT2D eigenvalue weighted by atomic mass is 16.2. The van der Waals surface area contributed by atoms with Crippen LogP contribution in [0.25, 0.3) is 0 Å². The van der Waals surface area contributed by atoms with Gasteiger partial charge in [-0.1, -0.05) is 18.1 Å². The maximum absolute atomic E-state index is 12.4. The molecule has 1 aliphatic heterocycles. The van der Waals surface area contributed by atoms with Crippen LogP contribution in [-0.2, 0) is 4.79 Å². The topological polar surface area (TPSA) is 46.3 Å². The average molecular weight is 222 g/mol. The molecule has 3 nitrogen and oxygen atoms in total. The first-order valence-electron chi connectivity index (χ1n) is 6.37. The van der Waals surface area contributed by atoms with Gasteiger partial charge in [0.1, 0.15) is 0 Å². The van der Waals surface area contributed by atoms with E-state index >= 15 is 0 Å². The number of rotatable bonds is 2. The van der Waals surface area contributed by atoms with Crippen molar-refractivity contribution < 1.29 is 4.79 Å². The third-order valence-corrected chi connectivity index (χ3v) is 3.92. The zero-order valence-corrected chi connectivity index (χ0v) is 10.1.